The predicted octanol–water partition coefficient (Wildman–Crippen LogP) is 3.00. The van der Waals surface area contributed by atoms with Gasteiger partial charge in [-0.15, -0.1) is 0 Å². The Kier molecular flexibility index (Phi) is 4.86. The Bertz CT molecular complexity index is 633. The molecular weight excluding hydrogens is 290 g/mol. The molecule has 1 aliphatic heterocycles. The van der Waals surface area contributed by atoms with E-state index in [4.69, 9.17) is 4.74 Å². The molecule has 0 bridgehead atoms. The van der Waals surface area contributed by atoms with Gasteiger partial charge >= 0.3 is 5.97 Å². The number of ether oxygens (including phenoxy) is 1. The number of hydrogen-bond donors (Lipinski definition) is 0. The fourth-order valence-electron chi connectivity index (χ4n) is 3.14. The summed E-state index contributed by atoms with van der Waals surface area (Å²) >= 11 is 0. The van der Waals surface area contributed by atoms with Gasteiger partial charge in [-0.25, -0.2) is 4.98 Å². The molecule has 23 heavy (non-hydrogen) atoms. The lowest BCUT2D eigenvalue weighted by atomic mass is 9.87. The number of carbonyl (C=O) groups is 1. The SMILES string of the molecule is CCOC(=O)C1CCN(c2ccccn2)C(c2ccncc2)C1. The van der Waals surface area contributed by atoms with Gasteiger partial charge in [0.15, 0.2) is 0 Å². The maximum absolute atomic E-state index is 12.1. The Balaban J connectivity index is 1.87. The molecular formula is C18H21N3O2. The molecule has 1 aliphatic rings. The van der Waals surface area contributed by atoms with Crippen LogP contribution in [0.5, 0.6) is 0 Å². The summed E-state index contributed by atoms with van der Waals surface area (Å²) in [4.78, 5) is 23.0. The highest BCUT2D eigenvalue weighted by Crippen LogP contribution is 2.37. The van der Waals surface area contributed by atoms with Crippen LogP contribution in [0.25, 0.3) is 0 Å². The van der Waals surface area contributed by atoms with E-state index in [-0.39, 0.29) is 17.9 Å². The summed E-state index contributed by atoms with van der Waals surface area (Å²) < 4.78 is 5.22. The first kappa shape index (κ1) is 15.5. The molecule has 2 unspecified atom stereocenters. The molecule has 3 heterocycles. The van der Waals surface area contributed by atoms with Crippen LogP contribution in [0.3, 0.4) is 0 Å². The van der Waals surface area contributed by atoms with Crippen LogP contribution in [0, 0.1) is 5.92 Å². The average Bonchev–Trinajstić information content (AvgIpc) is 2.63. The minimum absolute atomic E-state index is 0.0620. The summed E-state index contributed by atoms with van der Waals surface area (Å²) in [7, 11) is 0. The maximum atomic E-state index is 12.1. The first-order valence-electron chi connectivity index (χ1n) is 8.04. The van der Waals surface area contributed by atoms with E-state index in [9.17, 15) is 4.79 Å². The standard InChI is InChI=1S/C18H21N3O2/c1-2-23-18(22)15-8-12-21(17-5-3-4-9-20-17)16(13-15)14-6-10-19-11-7-14/h3-7,9-11,15-16H,2,8,12-13H2,1H3. The number of pyridine rings is 2. The van der Waals surface area contributed by atoms with E-state index in [1.165, 1.54) is 0 Å². The van der Waals surface area contributed by atoms with Crippen molar-refractivity contribution in [2.45, 2.75) is 25.8 Å². The van der Waals surface area contributed by atoms with Crippen LogP contribution < -0.4 is 4.90 Å². The van der Waals surface area contributed by atoms with Crippen molar-refractivity contribution < 1.29 is 9.53 Å². The summed E-state index contributed by atoms with van der Waals surface area (Å²) in [5.41, 5.74) is 1.15. The quantitative estimate of drug-likeness (QED) is 0.813. The number of carbonyl (C=O) groups excluding carboxylic acids is 1. The highest BCUT2D eigenvalue weighted by molar-refractivity contribution is 5.73. The van der Waals surface area contributed by atoms with Gasteiger partial charge in [0.1, 0.15) is 5.82 Å². The topological polar surface area (TPSA) is 55.3 Å². The van der Waals surface area contributed by atoms with E-state index in [0.717, 1.165) is 30.8 Å². The van der Waals surface area contributed by atoms with Crippen LogP contribution in [0.2, 0.25) is 0 Å². The Labute approximate surface area is 136 Å². The van der Waals surface area contributed by atoms with Crippen molar-refractivity contribution in [2.24, 2.45) is 5.92 Å². The number of rotatable bonds is 4. The van der Waals surface area contributed by atoms with Crippen molar-refractivity contribution in [3.8, 4) is 0 Å². The van der Waals surface area contributed by atoms with Gasteiger partial charge in [-0.05, 0) is 49.6 Å². The summed E-state index contributed by atoms with van der Waals surface area (Å²) in [5.74, 6) is 0.789. The number of piperidine rings is 1. The lowest BCUT2D eigenvalue weighted by Gasteiger charge is -2.39. The third kappa shape index (κ3) is 3.50. The lowest BCUT2D eigenvalue weighted by Crippen LogP contribution is -2.40. The Morgan fingerprint density at radius 1 is 1.26 bits per heavy atom. The van der Waals surface area contributed by atoms with Crippen LogP contribution >= 0.6 is 0 Å². The smallest absolute Gasteiger partial charge is 0.309 e. The van der Waals surface area contributed by atoms with Gasteiger partial charge in [0.2, 0.25) is 0 Å². The summed E-state index contributed by atoms with van der Waals surface area (Å²) in [6.45, 7) is 3.06. The molecule has 0 spiro atoms. The van der Waals surface area contributed by atoms with Gasteiger partial charge < -0.3 is 9.64 Å². The van der Waals surface area contributed by atoms with Gasteiger partial charge in [0.05, 0.1) is 18.6 Å². The van der Waals surface area contributed by atoms with Crippen molar-refractivity contribution in [1.29, 1.82) is 0 Å². The molecule has 0 amide bonds. The Morgan fingerprint density at radius 2 is 2.09 bits per heavy atom. The monoisotopic (exact) mass is 311 g/mol. The van der Waals surface area contributed by atoms with Crippen LogP contribution in [0.4, 0.5) is 5.82 Å². The Morgan fingerprint density at radius 3 is 2.78 bits per heavy atom. The van der Waals surface area contributed by atoms with Crippen molar-refractivity contribution >= 4 is 11.8 Å². The van der Waals surface area contributed by atoms with Crippen molar-refractivity contribution in [1.82, 2.24) is 9.97 Å². The summed E-state index contributed by atoms with van der Waals surface area (Å²) in [6, 6.07) is 10.0. The van der Waals surface area contributed by atoms with Gasteiger partial charge in [-0.3, -0.25) is 9.78 Å². The molecule has 3 rings (SSSR count). The van der Waals surface area contributed by atoms with Crippen LogP contribution in [0.15, 0.2) is 48.9 Å². The minimum atomic E-state index is -0.0905. The largest absolute Gasteiger partial charge is 0.466 e. The second-order valence-electron chi connectivity index (χ2n) is 5.65. The van der Waals surface area contributed by atoms with Crippen molar-refractivity contribution in [3.05, 3.63) is 54.5 Å². The third-order valence-electron chi connectivity index (χ3n) is 4.26. The molecule has 2 aromatic rings. The number of nitrogens with zero attached hydrogens (tertiary/aromatic N) is 3. The normalized spacial score (nSPS) is 21.0. The molecule has 0 aliphatic carbocycles. The van der Waals surface area contributed by atoms with E-state index >= 15 is 0 Å². The van der Waals surface area contributed by atoms with Gasteiger partial charge in [-0.2, -0.15) is 0 Å². The van der Waals surface area contributed by atoms with Crippen LogP contribution in [-0.4, -0.2) is 29.1 Å². The molecule has 0 N–H and O–H groups in total. The van der Waals surface area contributed by atoms with E-state index in [0.29, 0.717) is 6.61 Å². The minimum Gasteiger partial charge on any atom is -0.466 e. The molecule has 2 aromatic heterocycles. The lowest BCUT2D eigenvalue weighted by molar-refractivity contribution is -0.149. The highest BCUT2D eigenvalue weighted by atomic mass is 16.5. The number of hydrogen-bond acceptors (Lipinski definition) is 5. The molecule has 5 nitrogen and oxygen atoms in total. The summed E-state index contributed by atoms with van der Waals surface area (Å²) in [5, 5.41) is 0. The molecule has 2 atom stereocenters. The molecule has 0 radical (unpaired) electrons. The van der Waals surface area contributed by atoms with E-state index in [1.54, 1.807) is 18.6 Å². The zero-order chi connectivity index (χ0) is 16.1. The van der Waals surface area contributed by atoms with E-state index < -0.39 is 0 Å². The second-order valence-corrected chi connectivity index (χ2v) is 5.65. The molecule has 1 fully saturated rings. The third-order valence-corrected chi connectivity index (χ3v) is 4.26. The average molecular weight is 311 g/mol. The molecule has 1 saturated heterocycles. The Hall–Kier alpha value is -2.43. The van der Waals surface area contributed by atoms with Crippen molar-refractivity contribution in [2.75, 3.05) is 18.1 Å². The fourth-order valence-corrected chi connectivity index (χ4v) is 3.14. The number of esters is 1. The van der Waals surface area contributed by atoms with E-state index in [2.05, 4.69) is 14.9 Å². The zero-order valence-electron chi connectivity index (χ0n) is 13.3. The highest BCUT2D eigenvalue weighted by Gasteiger charge is 2.34. The molecule has 120 valence electrons. The molecule has 0 aromatic carbocycles. The maximum Gasteiger partial charge on any atom is 0.309 e. The van der Waals surface area contributed by atoms with Crippen LogP contribution in [-0.2, 0) is 9.53 Å². The van der Waals surface area contributed by atoms with Gasteiger partial charge in [0, 0.05) is 25.1 Å². The van der Waals surface area contributed by atoms with E-state index in [1.807, 2.05) is 37.3 Å². The molecule has 5 heteroatoms. The van der Waals surface area contributed by atoms with Gasteiger partial charge in [0.25, 0.3) is 0 Å². The number of anilines is 1. The first-order valence-corrected chi connectivity index (χ1v) is 8.04. The zero-order valence-corrected chi connectivity index (χ0v) is 13.3. The summed E-state index contributed by atoms with van der Waals surface area (Å²) in [6.07, 6.45) is 6.91. The first-order chi connectivity index (χ1) is 11.3. The van der Waals surface area contributed by atoms with Gasteiger partial charge in [-0.1, -0.05) is 6.07 Å². The second kappa shape index (κ2) is 7.22. The number of aromatic nitrogens is 2. The predicted molar refractivity (Wildman–Crippen MR) is 87.9 cm³/mol. The van der Waals surface area contributed by atoms with Crippen molar-refractivity contribution in [3.63, 3.8) is 0 Å². The van der Waals surface area contributed by atoms with Crippen LogP contribution in [0.1, 0.15) is 31.4 Å². The fraction of sp³-hybridized carbons (Fsp3) is 0.389. The molecule has 0 saturated carbocycles.